The van der Waals surface area contributed by atoms with E-state index >= 15 is 0 Å². The third kappa shape index (κ3) is 3.67. The van der Waals surface area contributed by atoms with Crippen molar-refractivity contribution in [3.63, 3.8) is 0 Å². The average Bonchev–Trinajstić information content (AvgIpc) is 2.07. The number of methoxy groups -OCH3 is 1. The summed E-state index contributed by atoms with van der Waals surface area (Å²) >= 11 is 0. The van der Waals surface area contributed by atoms with Crippen molar-refractivity contribution in [1.29, 1.82) is 0 Å². The molecule has 0 saturated carbocycles. The van der Waals surface area contributed by atoms with Crippen LogP contribution in [0.4, 0.5) is 0 Å². The molecule has 1 fully saturated rings. The number of hydrogen-bond acceptors (Lipinski definition) is 4. The van der Waals surface area contributed by atoms with Gasteiger partial charge in [-0.25, -0.2) is 0 Å². The summed E-state index contributed by atoms with van der Waals surface area (Å²) in [6.45, 7) is 4.58. The van der Waals surface area contributed by atoms with E-state index < -0.39 is 0 Å². The fourth-order valence-electron chi connectivity index (χ4n) is 0.980. The second-order valence-electron chi connectivity index (χ2n) is 2.47. The van der Waals surface area contributed by atoms with Gasteiger partial charge in [-0.2, -0.15) is 0 Å². The fraction of sp³-hybridized carbons (Fsp3) is 1.00. The minimum Gasteiger partial charge on any atom is -0.379 e. The SMILES string of the molecule is COCOCN1CCOCC1. The van der Waals surface area contributed by atoms with E-state index in [1.54, 1.807) is 7.11 Å². The van der Waals surface area contributed by atoms with E-state index in [2.05, 4.69) is 4.90 Å². The van der Waals surface area contributed by atoms with Gasteiger partial charge in [-0.05, 0) is 0 Å². The van der Waals surface area contributed by atoms with Gasteiger partial charge in [-0.3, -0.25) is 4.90 Å². The van der Waals surface area contributed by atoms with Crippen molar-refractivity contribution in [3.8, 4) is 0 Å². The van der Waals surface area contributed by atoms with Crippen molar-refractivity contribution >= 4 is 0 Å². The molecular formula is C7H15NO3. The molecule has 0 spiro atoms. The second kappa shape index (κ2) is 5.49. The Morgan fingerprint density at radius 2 is 2.09 bits per heavy atom. The van der Waals surface area contributed by atoms with Crippen LogP contribution >= 0.6 is 0 Å². The molecule has 11 heavy (non-hydrogen) atoms. The smallest absolute Gasteiger partial charge is 0.148 e. The lowest BCUT2D eigenvalue weighted by molar-refractivity contribution is -0.0927. The van der Waals surface area contributed by atoms with Gasteiger partial charge in [0, 0.05) is 20.2 Å². The van der Waals surface area contributed by atoms with Crippen molar-refractivity contribution < 1.29 is 14.2 Å². The normalized spacial score (nSPS) is 20.5. The summed E-state index contributed by atoms with van der Waals surface area (Å²) in [4.78, 5) is 2.20. The van der Waals surface area contributed by atoms with E-state index in [4.69, 9.17) is 14.2 Å². The molecule has 66 valence electrons. The summed E-state index contributed by atoms with van der Waals surface area (Å²) in [7, 11) is 1.62. The van der Waals surface area contributed by atoms with Crippen LogP contribution in [0.3, 0.4) is 0 Å². The Hall–Kier alpha value is -0.160. The first-order valence-corrected chi connectivity index (χ1v) is 3.80. The molecule has 4 heteroatoms. The third-order valence-corrected chi connectivity index (χ3v) is 1.58. The highest BCUT2D eigenvalue weighted by molar-refractivity contribution is 4.56. The van der Waals surface area contributed by atoms with Gasteiger partial charge in [0.15, 0.2) is 0 Å². The van der Waals surface area contributed by atoms with Gasteiger partial charge in [-0.15, -0.1) is 0 Å². The molecule has 1 heterocycles. The fourth-order valence-corrected chi connectivity index (χ4v) is 0.980. The number of nitrogens with zero attached hydrogens (tertiary/aromatic N) is 1. The van der Waals surface area contributed by atoms with E-state index in [-0.39, 0.29) is 0 Å². The molecule has 0 aliphatic carbocycles. The molecule has 0 aromatic heterocycles. The lowest BCUT2D eigenvalue weighted by Crippen LogP contribution is -2.37. The Balaban J connectivity index is 1.96. The van der Waals surface area contributed by atoms with Gasteiger partial charge in [0.1, 0.15) is 13.5 Å². The van der Waals surface area contributed by atoms with Crippen molar-refractivity contribution in [2.45, 2.75) is 0 Å². The molecule has 0 atom stereocenters. The zero-order chi connectivity index (χ0) is 7.94. The Morgan fingerprint density at radius 3 is 2.73 bits per heavy atom. The second-order valence-corrected chi connectivity index (χ2v) is 2.47. The third-order valence-electron chi connectivity index (χ3n) is 1.58. The van der Waals surface area contributed by atoms with Crippen molar-refractivity contribution in [3.05, 3.63) is 0 Å². The van der Waals surface area contributed by atoms with Crippen LogP contribution in [0.15, 0.2) is 0 Å². The van der Waals surface area contributed by atoms with Gasteiger partial charge in [-0.1, -0.05) is 0 Å². The van der Waals surface area contributed by atoms with E-state index in [1.807, 2.05) is 0 Å². The van der Waals surface area contributed by atoms with Gasteiger partial charge in [0.05, 0.1) is 13.2 Å². The van der Waals surface area contributed by atoms with Crippen LogP contribution < -0.4 is 0 Å². The largest absolute Gasteiger partial charge is 0.379 e. The molecular weight excluding hydrogens is 146 g/mol. The maximum absolute atomic E-state index is 5.18. The van der Waals surface area contributed by atoms with Crippen LogP contribution in [0.25, 0.3) is 0 Å². The number of ether oxygens (including phenoxy) is 3. The topological polar surface area (TPSA) is 30.9 Å². The molecule has 1 aliphatic heterocycles. The number of hydrogen-bond donors (Lipinski definition) is 0. The van der Waals surface area contributed by atoms with Crippen LogP contribution in [0.2, 0.25) is 0 Å². The Bertz CT molecular complexity index is 93.7. The molecule has 0 amide bonds. The Morgan fingerprint density at radius 1 is 1.36 bits per heavy atom. The first-order chi connectivity index (χ1) is 5.43. The summed E-state index contributed by atoms with van der Waals surface area (Å²) < 4.78 is 15.1. The van der Waals surface area contributed by atoms with E-state index in [1.165, 1.54) is 0 Å². The maximum Gasteiger partial charge on any atom is 0.148 e. The lowest BCUT2D eigenvalue weighted by Gasteiger charge is -2.25. The molecule has 0 unspecified atom stereocenters. The monoisotopic (exact) mass is 161 g/mol. The minimum absolute atomic E-state index is 0.372. The predicted molar refractivity (Wildman–Crippen MR) is 40.2 cm³/mol. The van der Waals surface area contributed by atoms with Crippen LogP contribution in [-0.2, 0) is 14.2 Å². The molecule has 1 aliphatic rings. The Labute approximate surface area is 67.0 Å². The lowest BCUT2D eigenvalue weighted by atomic mass is 10.5. The van der Waals surface area contributed by atoms with Crippen molar-refractivity contribution in [1.82, 2.24) is 4.90 Å². The highest BCUT2D eigenvalue weighted by Crippen LogP contribution is 1.95. The molecule has 1 saturated heterocycles. The van der Waals surface area contributed by atoms with Crippen LogP contribution in [0, 0.1) is 0 Å². The number of morpholine rings is 1. The highest BCUT2D eigenvalue weighted by Gasteiger charge is 2.08. The molecule has 0 aromatic carbocycles. The zero-order valence-corrected chi connectivity index (χ0v) is 6.91. The van der Waals surface area contributed by atoms with Crippen molar-refractivity contribution in [2.24, 2.45) is 0 Å². The minimum atomic E-state index is 0.372. The van der Waals surface area contributed by atoms with Crippen LogP contribution in [0.1, 0.15) is 0 Å². The molecule has 0 aromatic rings. The molecule has 4 nitrogen and oxygen atoms in total. The highest BCUT2D eigenvalue weighted by atomic mass is 16.7. The average molecular weight is 161 g/mol. The first-order valence-electron chi connectivity index (χ1n) is 3.80. The van der Waals surface area contributed by atoms with Crippen LogP contribution in [0.5, 0.6) is 0 Å². The van der Waals surface area contributed by atoms with E-state index in [9.17, 15) is 0 Å². The van der Waals surface area contributed by atoms with Gasteiger partial charge >= 0.3 is 0 Å². The summed E-state index contributed by atoms with van der Waals surface area (Å²) in [6, 6.07) is 0. The van der Waals surface area contributed by atoms with Crippen molar-refractivity contribution in [2.75, 3.05) is 46.9 Å². The quantitative estimate of drug-likeness (QED) is 0.425. The zero-order valence-electron chi connectivity index (χ0n) is 6.91. The predicted octanol–water partition coefficient (Wildman–Crippen LogP) is -0.103. The molecule has 0 bridgehead atoms. The Kier molecular flexibility index (Phi) is 4.45. The molecule has 0 N–H and O–H groups in total. The molecule has 0 radical (unpaired) electrons. The van der Waals surface area contributed by atoms with Crippen LogP contribution in [-0.4, -0.2) is 51.8 Å². The summed E-state index contributed by atoms with van der Waals surface area (Å²) in [6.07, 6.45) is 0. The first kappa shape index (κ1) is 8.93. The standard InChI is InChI=1S/C7H15NO3/c1-9-7-11-6-8-2-4-10-5-3-8/h2-7H2,1H3. The van der Waals surface area contributed by atoms with E-state index in [0.717, 1.165) is 26.3 Å². The summed E-state index contributed by atoms with van der Waals surface area (Å²) in [5.41, 5.74) is 0. The maximum atomic E-state index is 5.18. The summed E-state index contributed by atoms with van der Waals surface area (Å²) in [5.74, 6) is 0. The molecule has 1 rings (SSSR count). The van der Waals surface area contributed by atoms with Gasteiger partial charge < -0.3 is 14.2 Å². The summed E-state index contributed by atoms with van der Waals surface area (Å²) in [5, 5.41) is 0. The van der Waals surface area contributed by atoms with Gasteiger partial charge in [0.2, 0.25) is 0 Å². The van der Waals surface area contributed by atoms with Gasteiger partial charge in [0.25, 0.3) is 0 Å². The van der Waals surface area contributed by atoms with E-state index in [0.29, 0.717) is 13.5 Å². The number of rotatable bonds is 4.